The van der Waals surface area contributed by atoms with E-state index in [-0.39, 0.29) is 24.1 Å². The van der Waals surface area contributed by atoms with E-state index in [0.29, 0.717) is 19.4 Å². The number of nitrogens with two attached hydrogens (primary N) is 3. The molecule has 0 bridgehead atoms. The number of aliphatic imine (C=N–C) groups is 1. The number of rotatable bonds is 15. The van der Waals surface area contributed by atoms with Crippen molar-refractivity contribution < 1.29 is 24.3 Å². The summed E-state index contributed by atoms with van der Waals surface area (Å²) < 4.78 is 0. The van der Waals surface area contributed by atoms with Crippen LogP contribution in [-0.2, 0) is 25.6 Å². The Balaban J connectivity index is 2.76. The van der Waals surface area contributed by atoms with Crippen LogP contribution in [0.15, 0.2) is 35.3 Å². The summed E-state index contributed by atoms with van der Waals surface area (Å²) in [5.41, 5.74) is 17.2. The van der Waals surface area contributed by atoms with Crippen LogP contribution in [0.5, 0.6) is 0 Å². The number of hydrogen-bond donors (Lipinski definition) is 8. The summed E-state index contributed by atoms with van der Waals surface area (Å²) in [6, 6.07) is 4.66. The SMILES string of the molecule is CC(C)C(NC(=O)C(N)CCCN=C(N)N)C(=O)NC(CS)C(=O)NC(Cc1ccccc1)C(=O)O. The Morgan fingerprint density at radius 3 is 2.11 bits per heavy atom. The third kappa shape index (κ3) is 11.0. The Bertz CT molecular complexity index is 909. The molecule has 0 saturated heterocycles. The lowest BCUT2D eigenvalue weighted by molar-refractivity contribution is -0.142. The number of benzene rings is 1. The summed E-state index contributed by atoms with van der Waals surface area (Å²) in [6.45, 7) is 3.77. The largest absolute Gasteiger partial charge is 0.480 e. The molecule has 13 heteroatoms. The Morgan fingerprint density at radius 2 is 1.58 bits per heavy atom. The van der Waals surface area contributed by atoms with Gasteiger partial charge in [0.05, 0.1) is 6.04 Å². The summed E-state index contributed by atoms with van der Waals surface area (Å²) in [6.07, 6.45) is 0.844. The third-order valence-corrected chi connectivity index (χ3v) is 5.63. The minimum Gasteiger partial charge on any atom is -0.480 e. The van der Waals surface area contributed by atoms with Gasteiger partial charge in [-0.25, -0.2) is 4.79 Å². The zero-order valence-corrected chi connectivity index (χ0v) is 21.4. The molecular formula is C23H37N7O5S. The quantitative estimate of drug-likeness (QED) is 0.0599. The van der Waals surface area contributed by atoms with Crippen molar-refractivity contribution in [3.8, 4) is 0 Å². The fourth-order valence-electron chi connectivity index (χ4n) is 3.22. The third-order valence-electron chi connectivity index (χ3n) is 5.26. The van der Waals surface area contributed by atoms with Crippen molar-refractivity contribution in [2.75, 3.05) is 12.3 Å². The number of carbonyl (C=O) groups excluding carboxylic acids is 3. The molecule has 4 unspecified atom stereocenters. The van der Waals surface area contributed by atoms with E-state index in [4.69, 9.17) is 17.2 Å². The fourth-order valence-corrected chi connectivity index (χ4v) is 3.48. The van der Waals surface area contributed by atoms with E-state index in [1.807, 2.05) is 0 Å². The van der Waals surface area contributed by atoms with E-state index in [1.165, 1.54) is 0 Å². The van der Waals surface area contributed by atoms with E-state index in [1.54, 1.807) is 44.2 Å². The topological polar surface area (TPSA) is 215 Å². The predicted octanol–water partition coefficient (Wildman–Crippen LogP) is -1.27. The maximum Gasteiger partial charge on any atom is 0.326 e. The first-order valence-corrected chi connectivity index (χ1v) is 12.2. The van der Waals surface area contributed by atoms with Crippen LogP contribution >= 0.6 is 12.6 Å². The van der Waals surface area contributed by atoms with Gasteiger partial charge in [0.25, 0.3) is 0 Å². The second kappa shape index (κ2) is 15.6. The van der Waals surface area contributed by atoms with Crippen LogP contribution in [0.3, 0.4) is 0 Å². The number of nitrogens with zero attached hydrogens (tertiary/aromatic N) is 1. The molecule has 12 nitrogen and oxygen atoms in total. The summed E-state index contributed by atoms with van der Waals surface area (Å²) in [4.78, 5) is 53.7. The van der Waals surface area contributed by atoms with Crippen molar-refractivity contribution in [2.24, 2.45) is 28.1 Å². The van der Waals surface area contributed by atoms with Crippen LogP contribution in [0.25, 0.3) is 0 Å². The van der Waals surface area contributed by atoms with Gasteiger partial charge in [0, 0.05) is 18.7 Å². The van der Waals surface area contributed by atoms with Crippen LogP contribution in [0, 0.1) is 5.92 Å². The number of aliphatic carboxylic acids is 1. The first-order valence-electron chi connectivity index (χ1n) is 11.6. The van der Waals surface area contributed by atoms with Gasteiger partial charge in [-0.15, -0.1) is 0 Å². The molecule has 0 radical (unpaired) electrons. The minimum atomic E-state index is -1.21. The van der Waals surface area contributed by atoms with E-state index in [0.717, 1.165) is 5.56 Å². The molecule has 200 valence electrons. The number of thiol groups is 1. The lowest BCUT2D eigenvalue weighted by Gasteiger charge is -2.26. The van der Waals surface area contributed by atoms with Crippen LogP contribution in [0.2, 0.25) is 0 Å². The van der Waals surface area contributed by atoms with Gasteiger partial charge >= 0.3 is 5.97 Å². The van der Waals surface area contributed by atoms with Crippen LogP contribution in [-0.4, -0.2) is 71.2 Å². The number of nitrogens with one attached hydrogen (secondary N) is 3. The van der Waals surface area contributed by atoms with Crippen molar-refractivity contribution >= 4 is 42.3 Å². The standard InChI is InChI=1S/C23H37N7O5S/c1-13(2)18(30-19(31)15(24)9-6-10-27-23(25)26)21(33)29-17(12-36)20(32)28-16(22(34)35)11-14-7-4-3-5-8-14/h3-5,7-8,13,15-18,36H,6,9-12,24H2,1-2H3,(H,28,32)(H,29,33)(H,30,31)(H,34,35)(H4,25,26,27). The first-order chi connectivity index (χ1) is 17.0. The number of carbonyl (C=O) groups is 4. The van der Waals surface area contributed by atoms with Gasteiger partial charge in [0.1, 0.15) is 18.1 Å². The van der Waals surface area contributed by atoms with E-state index >= 15 is 0 Å². The van der Waals surface area contributed by atoms with Gasteiger partial charge in [0.15, 0.2) is 5.96 Å². The minimum absolute atomic E-state index is 0.0536. The van der Waals surface area contributed by atoms with Gasteiger partial charge < -0.3 is 38.3 Å². The molecule has 1 aromatic carbocycles. The van der Waals surface area contributed by atoms with Gasteiger partial charge in [0.2, 0.25) is 17.7 Å². The Labute approximate surface area is 216 Å². The normalized spacial score (nSPS) is 14.1. The number of hydrogen-bond acceptors (Lipinski definition) is 7. The van der Waals surface area contributed by atoms with E-state index in [2.05, 4.69) is 33.6 Å². The average Bonchev–Trinajstić information content (AvgIpc) is 2.82. The first kappa shape index (κ1) is 30.7. The molecule has 4 atom stereocenters. The summed E-state index contributed by atoms with van der Waals surface area (Å²) in [7, 11) is 0. The lowest BCUT2D eigenvalue weighted by atomic mass is 10.0. The Kier molecular flexibility index (Phi) is 13.3. The molecule has 0 aliphatic heterocycles. The van der Waals surface area contributed by atoms with Crippen molar-refractivity contribution in [3.63, 3.8) is 0 Å². The molecular weight excluding hydrogens is 486 g/mol. The highest BCUT2D eigenvalue weighted by atomic mass is 32.1. The summed E-state index contributed by atoms with van der Waals surface area (Å²) in [5.74, 6) is -3.52. The predicted molar refractivity (Wildman–Crippen MR) is 140 cm³/mol. The zero-order chi connectivity index (χ0) is 27.3. The molecule has 36 heavy (non-hydrogen) atoms. The molecule has 0 aromatic heterocycles. The molecule has 1 aromatic rings. The highest BCUT2D eigenvalue weighted by molar-refractivity contribution is 7.80. The average molecular weight is 524 g/mol. The number of carboxylic acid groups (broad SMARTS) is 1. The van der Waals surface area contributed by atoms with Gasteiger partial charge in [-0.2, -0.15) is 12.6 Å². The second-order valence-electron chi connectivity index (χ2n) is 8.62. The molecule has 1 rings (SSSR count). The fraction of sp³-hybridized carbons (Fsp3) is 0.522. The van der Waals surface area contributed by atoms with Gasteiger partial charge in [-0.1, -0.05) is 44.2 Å². The smallest absolute Gasteiger partial charge is 0.326 e. The van der Waals surface area contributed by atoms with E-state index < -0.39 is 47.9 Å². The maximum absolute atomic E-state index is 12.9. The number of amides is 3. The van der Waals surface area contributed by atoms with Crippen molar-refractivity contribution in [2.45, 2.75) is 57.3 Å². The molecule has 0 heterocycles. The molecule has 10 N–H and O–H groups in total. The summed E-state index contributed by atoms with van der Waals surface area (Å²) >= 11 is 4.13. The maximum atomic E-state index is 12.9. The summed E-state index contributed by atoms with van der Waals surface area (Å²) in [5, 5.41) is 17.1. The zero-order valence-electron chi connectivity index (χ0n) is 20.5. The van der Waals surface area contributed by atoms with Crippen LogP contribution < -0.4 is 33.2 Å². The molecule has 3 amide bonds. The molecule has 0 fully saturated rings. The second-order valence-corrected chi connectivity index (χ2v) is 8.98. The van der Waals surface area contributed by atoms with Crippen LogP contribution in [0.4, 0.5) is 0 Å². The van der Waals surface area contributed by atoms with Gasteiger partial charge in [-0.3, -0.25) is 19.4 Å². The van der Waals surface area contributed by atoms with Crippen LogP contribution in [0.1, 0.15) is 32.3 Å². The monoisotopic (exact) mass is 523 g/mol. The van der Waals surface area contributed by atoms with Crippen molar-refractivity contribution in [1.82, 2.24) is 16.0 Å². The highest BCUT2D eigenvalue weighted by Gasteiger charge is 2.31. The Hall–Kier alpha value is -3.32. The Morgan fingerprint density at radius 1 is 0.972 bits per heavy atom. The lowest BCUT2D eigenvalue weighted by Crippen LogP contribution is -2.59. The molecule has 0 aliphatic carbocycles. The molecule has 0 spiro atoms. The molecule has 0 saturated carbocycles. The van der Waals surface area contributed by atoms with Crippen molar-refractivity contribution in [1.29, 1.82) is 0 Å². The van der Waals surface area contributed by atoms with Crippen molar-refractivity contribution in [3.05, 3.63) is 35.9 Å². The highest BCUT2D eigenvalue weighted by Crippen LogP contribution is 2.07. The van der Waals surface area contributed by atoms with E-state index in [9.17, 15) is 24.3 Å². The van der Waals surface area contributed by atoms with Gasteiger partial charge in [-0.05, 0) is 24.3 Å². The number of carboxylic acids is 1. The number of guanidine groups is 1. The molecule has 0 aliphatic rings.